The van der Waals surface area contributed by atoms with Crippen LogP contribution in [0, 0.1) is 0 Å². The molecule has 0 spiro atoms. The fraction of sp³-hybridized carbons (Fsp3) is 0.500. The van der Waals surface area contributed by atoms with E-state index in [1.165, 1.54) is 4.31 Å². The van der Waals surface area contributed by atoms with Crippen LogP contribution in [0.15, 0.2) is 18.2 Å². The fourth-order valence-corrected chi connectivity index (χ4v) is 3.52. The van der Waals surface area contributed by atoms with E-state index in [-0.39, 0.29) is 29.9 Å². The molecule has 0 heterocycles. The van der Waals surface area contributed by atoms with Crippen LogP contribution in [0.1, 0.15) is 26.7 Å². The molecular weight excluding hydrogens is 347 g/mol. The first-order valence-corrected chi connectivity index (χ1v) is 9.48. The third-order valence-corrected chi connectivity index (χ3v) is 5.51. The van der Waals surface area contributed by atoms with Gasteiger partial charge in [-0.3, -0.25) is 4.79 Å². The molecule has 1 unspecified atom stereocenters. The van der Waals surface area contributed by atoms with Gasteiger partial charge in [-0.2, -0.15) is 4.31 Å². The van der Waals surface area contributed by atoms with E-state index >= 15 is 0 Å². The van der Waals surface area contributed by atoms with Crippen LogP contribution < -0.4 is 5.32 Å². The van der Waals surface area contributed by atoms with E-state index < -0.39 is 10.0 Å². The Hall–Kier alpha value is -0.820. The minimum Gasteiger partial charge on any atom is -0.325 e. The summed E-state index contributed by atoms with van der Waals surface area (Å²) in [6.45, 7) is 3.83. The van der Waals surface area contributed by atoms with E-state index in [9.17, 15) is 13.2 Å². The number of nitrogens with one attached hydrogen (secondary N) is 1. The summed E-state index contributed by atoms with van der Waals surface area (Å²) in [6, 6.07) is 4.77. The van der Waals surface area contributed by atoms with Crippen LogP contribution in [0.5, 0.6) is 0 Å². The maximum absolute atomic E-state index is 12.0. The quantitative estimate of drug-likeness (QED) is 0.803. The summed E-state index contributed by atoms with van der Waals surface area (Å²) in [5.41, 5.74) is 0.411. The second-order valence-corrected chi connectivity index (χ2v) is 7.75. The average molecular weight is 367 g/mol. The third-order valence-electron chi connectivity index (χ3n) is 3.29. The minimum atomic E-state index is -3.35. The SMILES string of the molecule is CCC(C)N(CCC(=O)Nc1cccc(Cl)c1Cl)S(C)(=O)=O. The average Bonchev–Trinajstić information content (AvgIpc) is 2.42. The van der Waals surface area contributed by atoms with E-state index in [4.69, 9.17) is 23.2 Å². The van der Waals surface area contributed by atoms with Gasteiger partial charge in [0.15, 0.2) is 0 Å². The predicted octanol–water partition coefficient (Wildman–Crippen LogP) is 3.38. The Bertz CT molecular complexity index is 635. The molecule has 5 nitrogen and oxygen atoms in total. The second kappa shape index (κ2) is 8.15. The molecule has 1 aromatic carbocycles. The van der Waals surface area contributed by atoms with Crippen molar-refractivity contribution in [3.8, 4) is 0 Å². The van der Waals surface area contributed by atoms with Gasteiger partial charge in [0.05, 0.1) is 22.0 Å². The minimum absolute atomic E-state index is 0.0419. The zero-order valence-electron chi connectivity index (χ0n) is 12.8. The van der Waals surface area contributed by atoms with Gasteiger partial charge >= 0.3 is 0 Å². The number of hydrogen-bond acceptors (Lipinski definition) is 3. The van der Waals surface area contributed by atoms with Gasteiger partial charge < -0.3 is 5.32 Å². The Balaban J connectivity index is 2.70. The molecule has 0 saturated carbocycles. The Morgan fingerprint density at radius 3 is 2.55 bits per heavy atom. The molecule has 0 fully saturated rings. The molecule has 0 aromatic heterocycles. The first kappa shape index (κ1) is 19.2. The number of halogens is 2. The van der Waals surface area contributed by atoms with Crippen molar-refractivity contribution in [1.29, 1.82) is 0 Å². The summed E-state index contributed by atoms with van der Waals surface area (Å²) < 4.78 is 24.8. The number of hydrogen-bond donors (Lipinski definition) is 1. The van der Waals surface area contributed by atoms with Crippen LogP contribution in [0.3, 0.4) is 0 Å². The molecule has 0 saturated heterocycles. The van der Waals surface area contributed by atoms with Crippen molar-refractivity contribution in [2.45, 2.75) is 32.7 Å². The van der Waals surface area contributed by atoms with Gasteiger partial charge in [0.2, 0.25) is 15.9 Å². The van der Waals surface area contributed by atoms with Gasteiger partial charge in [0.1, 0.15) is 0 Å². The lowest BCUT2D eigenvalue weighted by atomic mass is 10.2. The maximum Gasteiger partial charge on any atom is 0.225 e. The normalized spacial score (nSPS) is 13.2. The number of carbonyl (C=O) groups excluding carboxylic acids is 1. The highest BCUT2D eigenvalue weighted by Crippen LogP contribution is 2.29. The number of nitrogens with zero attached hydrogens (tertiary/aromatic N) is 1. The van der Waals surface area contributed by atoms with Crippen LogP contribution >= 0.6 is 23.2 Å². The molecule has 0 aliphatic carbocycles. The topological polar surface area (TPSA) is 66.5 Å². The molecule has 1 N–H and O–H groups in total. The van der Waals surface area contributed by atoms with E-state index in [1.54, 1.807) is 18.2 Å². The number of amides is 1. The van der Waals surface area contributed by atoms with Gasteiger partial charge in [-0.15, -0.1) is 0 Å². The zero-order valence-corrected chi connectivity index (χ0v) is 15.1. The van der Waals surface area contributed by atoms with Crippen molar-refractivity contribution in [2.24, 2.45) is 0 Å². The molecule has 0 aliphatic heterocycles. The van der Waals surface area contributed by atoms with Crippen LogP contribution in [0.4, 0.5) is 5.69 Å². The third kappa shape index (κ3) is 5.43. The zero-order chi connectivity index (χ0) is 16.9. The number of rotatable bonds is 7. The van der Waals surface area contributed by atoms with E-state index in [0.29, 0.717) is 17.1 Å². The van der Waals surface area contributed by atoms with Crippen LogP contribution in [-0.2, 0) is 14.8 Å². The first-order chi connectivity index (χ1) is 10.2. The molecule has 0 bridgehead atoms. The Morgan fingerprint density at radius 2 is 2.00 bits per heavy atom. The highest BCUT2D eigenvalue weighted by molar-refractivity contribution is 7.88. The lowest BCUT2D eigenvalue weighted by Crippen LogP contribution is -2.39. The van der Waals surface area contributed by atoms with Crippen LogP contribution in [-0.4, -0.2) is 37.5 Å². The summed E-state index contributed by atoms with van der Waals surface area (Å²) in [7, 11) is -3.35. The van der Waals surface area contributed by atoms with Crippen molar-refractivity contribution in [3.05, 3.63) is 28.2 Å². The highest BCUT2D eigenvalue weighted by atomic mass is 35.5. The summed E-state index contributed by atoms with van der Waals surface area (Å²) in [5.74, 6) is -0.318. The lowest BCUT2D eigenvalue weighted by molar-refractivity contribution is -0.116. The van der Waals surface area contributed by atoms with Gasteiger partial charge in [-0.25, -0.2) is 8.42 Å². The van der Waals surface area contributed by atoms with Crippen molar-refractivity contribution in [3.63, 3.8) is 0 Å². The molecule has 1 amide bonds. The molecule has 0 radical (unpaired) electrons. The highest BCUT2D eigenvalue weighted by Gasteiger charge is 2.22. The Morgan fingerprint density at radius 1 is 1.36 bits per heavy atom. The summed E-state index contributed by atoms with van der Waals surface area (Å²) in [5, 5.41) is 3.25. The monoisotopic (exact) mass is 366 g/mol. The smallest absolute Gasteiger partial charge is 0.225 e. The molecular formula is C14H20Cl2N2O3S. The Labute approximate surface area is 141 Å². The number of sulfonamides is 1. The van der Waals surface area contributed by atoms with E-state index in [1.807, 2.05) is 13.8 Å². The van der Waals surface area contributed by atoms with Crippen molar-refractivity contribution in [1.82, 2.24) is 4.31 Å². The number of carbonyl (C=O) groups is 1. The van der Waals surface area contributed by atoms with E-state index in [0.717, 1.165) is 6.26 Å². The van der Waals surface area contributed by atoms with Crippen molar-refractivity contribution < 1.29 is 13.2 Å². The van der Waals surface area contributed by atoms with Crippen molar-refractivity contribution >= 4 is 44.8 Å². The first-order valence-electron chi connectivity index (χ1n) is 6.87. The number of benzene rings is 1. The standard InChI is InChI=1S/C14H20Cl2N2O3S/c1-4-10(2)18(22(3,20)21)9-8-13(19)17-12-7-5-6-11(15)14(12)16/h5-7,10H,4,8-9H2,1-3H3,(H,17,19). The molecule has 0 aliphatic rings. The lowest BCUT2D eigenvalue weighted by Gasteiger charge is -2.25. The predicted molar refractivity (Wildman–Crippen MR) is 91.0 cm³/mol. The molecule has 1 atom stereocenters. The molecule has 1 aromatic rings. The summed E-state index contributed by atoms with van der Waals surface area (Å²) >= 11 is 11.9. The maximum atomic E-state index is 12.0. The Kier molecular flexibility index (Phi) is 7.12. The van der Waals surface area contributed by atoms with Crippen LogP contribution in [0.25, 0.3) is 0 Å². The molecule has 8 heteroatoms. The summed E-state index contributed by atoms with van der Waals surface area (Å²) in [4.78, 5) is 12.0. The van der Waals surface area contributed by atoms with Crippen LogP contribution in [0.2, 0.25) is 10.0 Å². The largest absolute Gasteiger partial charge is 0.325 e. The molecule has 124 valence electrons. The van der Waals surface area contributed by atoms with Gasteiger partial charge in [-0.1, -0.05) is 36.2 Å². The van der Waals surface area contributed by atoms with Gasteiger partial charge in [0.25, 0.3) is 0 Å². The van der Waals surface area contributed by atoms with Crippen molar-refractivity contribution in [2.75, 3.05) is 18.1 Å². The van der Waals surface area contributed by atoms with Gasteiger partial charge in [-0.05, 0) is 25.5 Å². The van der Waals surface area contributed by atoms with E-state index in [2.05, 4.69) is 5.32 Å². The van der Waals surface area contributed by atoms with Gasteiger partial charge in [0, 0.05) is 19.0 Å². The fourth-order valence-electron chi connectivity index (χ4n) is 1.94. The molecule has 1 rings (SSSR count). The molecule has 22 heavy (non-hydrogen) atoms. The summed E-state index contributed by atoms with van der Waals surface area (Å²) in [6.07, 6.45) is 1.86. The number of anilines is 1. The second-order valence-electron chi connectivity index (χ2n) is 5.03.